The number of rotatable bonds is 3. The first-order valence-electron chi connectivity index (χ1n) is 8.25. The Morgan fingerprint density at radius 1 is 1.10 bits per heavy atom. The summed E-state index contributed by atoms with van der Waals surface area (Å²) in [4.78, 5) is 13.4. The predicted octanol–water partition coefficient (Wildman–Crippen LogP) is 4.03. The number of aromatic nitrogens is 1. The van der Waals surface area contributed by atoms with Crippen LogP contribution in [0.2, 0.25) is 0 Å². The molecule has 0 atom stereocenters. The molecule has 0 unspecified atom stereocenters. The molecule has 0 spiro atoms. The van der Waals surface area contributed by atoms with Crippen molar-refractivity contribution >= 4 is 38.1 Å². The first kappa shape index (κ1) is 22.9. The predicted molar refractivity (Wildman–Crippen MR) is 105 cm³/mol. The number of carbonyl (C=O) groups is 1. The summed E-state index contributed by atoms with van der Waals surface area (Å²) in [5, 5.41) is 20.9. The van der Waals surface area contributed by atoms with Crippen molar-refractivity contribution in [1.82, 2.24) is 4.98 Å². The van der Waals surface area contributed by atoms with Gasteiger partial charge in [-0.25, -0.2) is 13.2 Å². The first-order valence-corrected chi connectivity index (χ1v) is 10.1. The van der Waals surface area contributed by atoms with Gasteiger partial charge in [-0.2, -0.15) is 13.2 Å². The van der Waals surface area contributed by atoms with E-state index in [0.717, 1.165) is 16.9 Å². The number of phenols is 1. The molecule has 0 radical (unpaired) electrons. The topological polar surface area (TPSA) is 117 Å². The summed E-state index contributed by atoms with van der Waals surface area (Å²) in [6.45, 7) is 1.81. The molecule has 0 amide bonds. The van der Waals surface area contributed by atoms with E-state index in [-0.39, 0.29) is 10.6 Å². The molecule has 3 rings (SSSR count). The molecule has 0 saturated carbocycles. The number of carboxylic acid groups (broad SMARTS) is 1. The highest BCUT2D eigenvalue weighted by Gasteiger charge is 2.38. The molecule has 0 bridgehead atoms. The number of nitrogens with one attached hydrogen (secondary N) is 1. The fourth-order valence-electron chi connectivity index (χ4n) is 2.37. The van der Waals surface area contributed by atoms with E-state index in [0.29, 0.717) is 10.9 Å². The van der Waals surface area contributed by atoms with Crippen LogP contribution in [0.4, 0.5) is 24.5 Å². The van der Waals surface area contributed by atoms with E-state index in [1.807, 2.05) is 13.0 Å². The second-order valence-corrected chi connectivity index (χ2v) is 8.20. The van der Waals surface area contributed by atoms with Crippen molar-refractivity contribution in [3.8, 4) is 5.75 Å². The fraction of sp³-hybridized carbons (Fsp3) is 0.158. The van der Waals surface area contributed by atoms with E-state index in [1.54, 1.807) is 42.6 Å². The van der Waals surface area contributed by atoms with E-state index in [9.17, 15) is 26.7 Å². The number of carboxylic acids is 1. The number of phenolic OH excluding ortho intramolecular Hbond substituents is 1. The largest absolute Gasteiger partial charge is 0.508 e. The molecule has 30 heavy (non-hydrogen) atoms. The lowest BCUT2D eigenvalue weighted by molar-refractivity contribution is -0.192. The first-order chi connectivity index (χ1) is 13.8. The van der Waals surface area contributed by atoms with Crippen LogP contribution < -0.4 is 5.32 Å². The summed E-state index contributed by atoms with van der Waals surface area (Å²) in [5.74, 6) is -2.56. The smallest absolute Gasteiger partial charge is 0.490 e. The number of anilines is 2. The molecule has 2 aromatic carbocycles. The van der Waals surface area contributed by atoms with E-state index in [2.05, 4.69) is 10.3 Å². The zero-order chi connectivity index (χ0) is 22.7. The lowest BCUT2D eigenvalue weighted by Crippen LogP contribution is -2.21. The third-order valence-electron chi connectivity index (χ3n) is 3.96. The zero-order valence-electron chi connectivity index (χ0n) is 15.7. The van der Waals surface area contributed by atoms with Crippen LogP contribution in [0.15, 0.2) is 53.6 Å². The monoisotopic (exact) mass is 442 g/mol. The number of alkyl halides is 3. The van der Waals surface area contributed by atoms with Crippen LogP contribution in [0.1, 0.15) is 5.56 Å². The van der Waals surface area contributed by atoms with Crippen molar-refractivity contribution < 1.29 is 36.6 Å². The van der Waals surface area contributed by atoms with Crippen molar-refractivity contribution in [2.24, 2.45) is 0 Å². The number of halogens is 3. The maximum Gasteiger partial charge on any atom is 0.490 e. The second kappa shape index (κ2) is 8.57. The minimum Gasteiger partial charge on any atom is -0.508 e. The molecule has 0 aliphatic carbocycles. The summed E-state index contributed by atoms with van der Waals surface area (Å²) < 4.78 is 55.3. The van der Waals surface area contributed by atoms with Crippen molar-refractivity contribution in [3.63, 3.8) is 0 Å². The summed E-state index contributed by atoms with van der Waals surface area (Å²) >= 11 is 0. The number of aromatic hydroxyl groups is 1. The van der Waals surface area contributed by atoms with Crippen LogP contribution in [-0.2, 0) is 14.6 Å². The summed E-state index contributed by atoms with van der Waals surface area (Å²) in [6.07, 6.45) is -2.25. The SMILES string of the molecule is Cc1c(O)cccc1Nc1ccnc2ccc(S(C)(=O)=O)cc12.O=C(O)C(F)(F)F. The van der Waals surface area contributed by atoms with E-state index in [1.165, 1.54) is 6.26 Å². The number of benzene rings is 2. The molecule has 0 fully saturated rings. The molecule has 7 nitrogen and oxygen atoms in total. The average Bonchev–Trinajstić information content (AvgIpc) is 2.64. The number of hydrogen-bond acceptors (Lipinski definition) is 6. The Bertz CT molecular complexity index is 1190. The van der Waals surface area contributed by atoms with Gasteiger partial charge in [0.2, 0.25) is 0 Å². The zero-order valence-corrected chi connectivity index (χ0v) is 16.5. The Morgan fingerprint density at radius 2 is 1.73 bits per heavy atom. The van der Waals surface area contributed by atoms with Crippen LogP contribution in [0, 0.1) is 6.92 Å². The van der Waals surface area contributed by atoms with Gasteiger partial charge >= 0.3 is 12.1 Å². The number of hydrogen-bond donors (Lipinski definition) is 3. The van der Waals surface area contributed by atoms with Gasteiger partial charge in [-0.05, 0) is 43.3 Å². The second-order valence-electron chi connectivity index (χ2n) is 6.19. The molecule has 11 heteroatoms. The van der Waals surface area contributed by atoms with Crippen LogP contribution in [0.25, 0.3) is 10.9 Å². The lowest BCUT2D eigenvalue weighted by Gasteiger charge is -2.13. The van der Waals surface area contributed by atoms with Crippen molar-refractivity contribution in [2.75, 3.05) is 11.6 Å². The number of aliphatic carboxylic acids is 1. The van der Waals surface area contributed by atoms with Gasteiger partial charge in [0, 0.05) is 34.8 Å². The molecule has 3 aromatic rings. The fourth-order valence-corrected chi connectivity index (χ4v) is 3.02. The van der Waals surface area contributed by atoms with Gasteiger partial charge in [0.05, 0.1) is 10.4 Å². The standard InChI is InChI=1S/C17H16N2O3S.C2HF3O2/c1-11-14(4-3-5-17(11)20)19-16-8-9-18-15-7-6-12(10-13(15)16)23(2,21)22;3-2(4,5)1(6)7/h3-10,20H,1-2H3,(H,18,19);(H,6,7). The molecular weight excluding hydrogens is 425 g/mol. The molecule has 3 N–H and O–H groups in total. The van der Waals surface area contributed by atoms with Crippen molar-refractivity contribution in [3.05, 3.63) is 54.2 Å². The molecule has 0 aliphatic heterocycles. The van der Waals surface area contributed by atoms with Crippen molar-refractivity contribution in [1.29, 1.82) is 0 Å². The maximum atomic E-state index is 11.8. The van der Waals surface area contributed by atoms with Gasteiger partial charge in [0.15, 0.2) is 9.84 Å². The number of nitrogens with zero attached hydrogens (tertiary/aromatic N) is 1. The highest BCUT2D eigenvalue weighted by atomic mass is 32.2. The maximum absolute atomic E-state index is 11.8. The minimum atomic E-state index is -5.08. The average molecular weight is 442 g/mol. The Labute approximate surface area is 169 Å². The molecule has 1 aromatic heterocycles. The van der Waals surface area contributed by atoms with Gasteiger partial charge in [-0.15, -0.1) is 0 Å². The summed E-state index contributed by atoms with van der Waals surface area (Å²) in [5.41, 5.74) is 2.90. The van der Waals surface area contributed by atoms with Gasteiger partial charge in [-0.3, -0.25) is 4.98 Å². The number of fused-ring (bicyclic) bond motifs is 1. The van der Waals surface area contributed by atoms with Gasteiger partial charge in [-0.1, -0.05) is 6.07 Å². The van der Waals surface area contributed by atoms with Gasteiger partial charge in [0.1, 0.15) is 5.75 Å². The third kappa shape index (κ3) is 5.60. The minimum absolute atomic E-state index is 0.199. The Balaban J connectivity index is 0.000000396. The molecule has 0 aliphatic rings. The summed E-state index contributed by atoms with van der Waals surface area (Å²) in [7, 11) is -3.29. The molecule has 160 valence electrons. The van der Waals surface area contributed by atoms with Crippen LogP contribution in [0.5, 0.6) is 5.75 Å². The van der Waals surface area contributed by atoms with E-state index in [4.69, 9.17) is 9.90 Å². The van der Waals surface area contributed by atoms with E-state index < -0.39 is 22.0 Å². The normalized spacial score (nSPS) is 11.5. The third-order valence-corrected chi connectivity index (χ3v) is 5.07. The quantitative estimate of drug-likeness (QED) is 0.561. The summed E-state index contributed by atoms with van der Waals surface area (Å²) in [6, 6.07) is 11.8. The number of sulfone groups is 1. The Kier molecular flexibility index (Phi) is 6.56. The molecule has 0 saturated heterocycles. The highest BCUT2D eigenvalue weighted by Crippen LogP contribution is 2.31. The van der Waals surface area contributed by atoms with Crippen LogP contribution in [0.3, 0.4) is 0 Å². The highest BCUT2D eigenvalue weighted by molar-refractivity contribution is 7.90. The molecule has 1 heterocycles. The van der Waals surface area contributed by atoms with Gasteiger partial charge in [0.25, 0.3) is 0 Å². The van der Waals surface area contributed by atoms with E-state index >= 15 is 0 Å². The lowest BCUT2D eigenvalue weighted by atomic mass is 10.1. The Hall–Kier alpha value is -3.34. The number of pyridine rings is 1. The van der Waals surface area contributed by atoms with Gasteiger partial charge < -0.3 is 15.5 Å². The Morgan fingerprint density at radius 3 is 2.30 bits per heavy atom. The van der Waals surface area contributed by atoms with Crippen LogP contribution >= 0.6 is 0 Å². The van der Waals surface area contributed by atoms with Crippen molar-refractivity contribution in [2.45, 2.75) is 18.0 Å². The molecular formula is C19H17F3N2O5S. The van der Waals surface area contributed by atoms with Crippen LogP contribution in [-0.4, -0.2) is 42.0 Å².